The lowest BCUT2D eigenvalue weighted by Crippen LogP contribution is -2.48. The lowest BCUT2D eigenvalue weighted by molar-refractivity contribution is -0.00618. The van der Waals surface area contributed by atoms with Crippen molar-refractivity contribution in [2.24, 2.45) is 0 Å². The van der Waals surface area contributed by atoms with E-state index in [9.17, 15) is 5.11 Å². The van der Waals surface area contributed by atoms with Crippen molar-refractivity contribution >= 4 is 0 Å². The molecule has 0 amide bonds. The molecular weight excluding hydrogens is 306 g/mol. The summed E-state index contributed by atoms with van der Waals surface area (Å²) in [5.74, 6) is 0. The predicted octanol–water partition coefficient (Wildman–Crippen LogP) is 0.145. The van der Waals surface area contributed by atoms with E-state index in [1.54, 1.807) is 4.68 Å². The number of hydrogen-bond acceptors (Lipinski definition) is 6. The maximum absolute atomic E-state index is 10.4. The minimum absolute atomic E-state index is 0.193. The van der Waals surface area contributed by atoms with Crippen LogP contribution in [0.1, 0.15) is 5.69 Å². The van der Waals surface area contributed by atoms with Crippen LogP contribution in [0.3, 0.4) is 0 Å². The Bertz CT molecular complexity index is 656. The number of nitrogens with zero attached hydrogens (tertiary/aromatic N) is 5. The summed E-state index contributed by atoms with van der Waals surface area (Å²) < 4.78 is 7.20. The van der Waals surface area contributed by atoms with Crippen LogP contribution in [-0.2, 0) is 11.3 Å². The van der Waals surface area contributed by atoms with Gasteiger partial charge in [0.2, 0.25) is 0 Å². The number of aliphatic hydroxyl groups is 1. The van der Waals surface area contributed by atoms with Gasteiger partial charge < -0.3 is 9.84 Å². The van der Waals surface area contributed by atoms with Crippen molar-refractivity contribution in [1.82, 2.24) is 24.8 Å². The number of para-hydroxylation sites is 1. The number of ether oxygens (including phenoxy) is 1. The number of likely N-dealkylation sites (tertiary alicyclic amines) is 1. The third-order valence-electron chi connectivity index (χ3n) is 4.80. The average molecular weight is 329 g/mol. The first kappa shape index (κ1) is 15.7. The molecule has 0 bridgehead atoms. The zero-order valence-corrected chi connectivity index (χ0v) is 13.7. The third-order valence-corrected chi connectivity index (χ3v) is 4.80. The highest BCUT2D eigenvalue weighted by Gasteiger charge is 2.36. The monoisotopic (exact) mass is 329 g/mol. The minimum atomic E-state index is -0.313. The van der Waals surface area contributed by atoms with Crippen molar-refractivity contribution in [1.29, 1.82) is 0 Å². The van der Waals surface area contributed by atoms with E-state index >= 15 is 0 Å². The first-order valence-electron chi connectivity index (χ1n) is 8.48. The number of morpholine rings is 1. The van der Waals surface area contributed by atoms with Gasteiger partial charge >= 0.3 is 0 Å². The predicted molar refractivity (Wildman–Crippen MR) is 88.8 cm³/mol. The fourth-order valence-electron chi connectivity index (χ4n) is 3.55. The lowest BCUT2D eigenvalue weighted by Gasteiger charge is -2.33. The number of rotatable bonds is 4. The van der Waals surface area contributed by atoms with Gasteiger partial charge in [-0.15, -0.1) is 5.10 Å². The molecule has 2 unspecified atom stereocenters. The molecule has 2 aliphatic heterocycles. The molecule has 4 rings (SSSR count). The summed E-state index contributed by atoms with van der Waals surface area (Å²) in [5, 5.41) is 18.9. The Morgan fingerprint density at radius 2 is 1.92 bits per heavy atom. The molecule has 0 radical (unpaired) electrons. The van der Waals surface area contributed by atoms with Gasteiger partial charge in [0, 0.05) is 38.8 Å². The quantitative estimate of drug-likeness (QED) is 0.861. The van der Waals surface area contributed by atoms with Crippen LogP contribution >= 0.6 is 0 Å². The summed E-state index contributed by atoms with van der Waals surface area (Å²) in [6.45, 7) is 5.58. The van der Waals surface area contributed by atoms with Gasteiger partial charge in [-0.3, -0.25) is 9.80 Å². The molecule has 0 spiro atoms. The molecule has 0 saturated carbocycles. The highest BCUT2D eigenvalue weighted by Crippen LogP contribution is 2.19. The second kappa shape index (κ2) is 6.98. The van der Waals surface area contributed by atoms with Gasteiger partial charge in [-0.1, -0.05) is 23.4 Å². The van der Waals surface area contributed by atoms with Crippen LogP contribution in [0.4, 0.5) is 0 Å². The van der Waals surface area contributed by atoms with Gasteiger partial charge in [0.15, 0.2) is 0 Å². The molecule has 0 aliphatic carbocycles. The van der Waals surface area contributed by atoms with Gasteiger partial charge in [-0.2, -0.15) is 0 Å². The van der Waals surface area contributed by atoms with Crippen LogP contribution in [0.25, 0.3) is 5.69 Å². The third kappa shape index (κ3) is 3.34. The molecular formula is C17H23N5O2. The van der Waals surface area contributed by atoms with Gasteiger partial charge in [0.1, 0.15) is 0 Å². The normalized spacial score (nSPS) is 26.0. The number of hydrogen-bond donors (Lipinski definition) is 1. The molecule has 2 atom stereocenters. The van der Waals surface area contributed by atoms with Crippen molar-refractivity contribution in [3.05, 3.63) is 42.2 Å². The number of benzene rings is 1. The van der Waals surface area contributed by atoms with Crippen LogP contribution in [0.2, 0.25) is 0 Å². The minimum Gasteiger partial charge on any atom is -0.390 e. The Kier molecular flexibility index (Phi) is 4.57. The van der Waals surface area contributed by atoms with E-state index < -0.39 is 0 Å². The fourth-order valence-corrected chi connectivity index (χ4v) is 3.55. The van der Waals surface area contributed by atoms with Gasteiger partial charge in [0.05, 0.1) is 36.9 Å². The molecule has 2 aliphatic rings. The summed E-state index contributed by atoms with van der Waals surface area (Å²) in [5.41, 5.74) is 1.93. The highest BCUT2D eigenvalue weighted by atomic mass is 16.5. The molecule has 2 fully saturated rings. The van der Waals surface area contributed by atoms with Crippen molar-refractivity contribution in [3.8, 4) is 5.69 Å². The van der Waals surface area contributed by atoms with Crippen LogP contribution in [0, 0.1) is 0 Å². The van der Waals surface area contributed by atoms with Crippen LogP contribution in [-0.4, -0.2) is 81.4 Å². The highest BCUT2D eigenvalue weighted by molar-refractivity contribution is 5.29. The Morgan fingerprint density at radius 1 is 1.12 bits per heavy atom. The van der Waals surface area contributed by atoms with Crippen LogP contribution in [0.5, 0.6) is 0 Å². The maximum atomic E-state index is 10.4. The second-order valence-corrected chi connectivity index (χ2v) is 6.47. The molecule has 7 heteroatoms. The molecule has 1 aromatic carbocycles. The fraction of sp³-hybridized carbons (Fsp3) is 0.529. The number of β-amino-alcohol motifs (C(OH)–C–C–N with tert-alkyl or cyclic N) is 1. The van der Waals surface area contributed by atoms with Crippen molar-refractivity contribution < 1.29 is 9.84 Å². The van der Waals surface area contributed by atoms with E-state index in [1.165, 1.54) is 0 Å². The topological polar surface area (TPSA) is 66.7 Å². The summed E-state index contributed by atoms with van der Waals surface area (Å²) in [4.78, 5) is 4.60. The Balaban J connectivity index is 1.38. The summed E-state index contributed by atoms with van der Waals surface area (Å²) in [7, 11) is 0. The van der Waals surface area contributed by atoms with Gasteiger partial charge in [0.25, 0.3) is 0 Å². The first-order valence-corrected chi connectivity index (χ1v) is 8.48. The zero-order chi connectivity index (χ0) is 16.4. The Morgan fingerprint density at radius 3 is 2.71 bits per heavy atom. The molecule has 1 N–H and O–H groups in total. The van der Waals surface area contributed by atoms with Gasteiger partial charge in [-0.25, -0.2) is 4.68 Å². The summed E-state index contributed by atoms with van der Waals surface area (Å²) >= 11 is 0. The van der Waals surface area contributed by atoms with E-state index in [1.807, 2.05) is 36.5 Å². The van der Waals surface area contributed by atoms with E-state index in [4.69, 9.17) is 4.74 Å². The van der Waals surface area contributed by atoms with E-state index in [2.05, 4.69) is 20.1 Å². The Hall–Kier alpha value is -1.80. The molecule has 1 aromatic heterocycles. The van der Waals surface area contributed by atoms with E-state index in [-0.39, 0.29) is 12.1 Å². The largest absolute Gasteiger partial charge is 0.390 e. The molecule has 24 heavy (non-hydrogen) atoms. The maximum Gasteiger partial charge on any atom is 0.0971 e. The molecule has 7 nitrogen and oxygen atoms in total. The summed E-state index contributed by atoms with van der Waals surface area (Å²) in [6.07, 6.45) is 1.65. The van der Waals surface area contributed by atoms with E-state index in [0.717, 1.165) is 44.2 Å². The number of aliphatic hydroxyl groups excluding tert-OH is 1. The Labute approximate surface area is 141 Å². The molecule has 2 aromatic rings. The van der Waals surface area contributed by atoms with Crippen LogP contribution in [0.15, 0.2) is 36.5 Å². The van der Waals surface area contributed by atoms with Gasteiger partial charge in [-0.05, 0) is 12.1 Å². The van der Waals surface area contributed by atoms with Crippen molar-refractivity contribution in [3.63, 3.8) is 0 Å². The van der Waals surface area contributed by atoms with Crippen LogP contribution < -0.4 is 0 Å². The smallest absolute Gasteiger partial charge is 0.0971 e. The second-order valence-electron chi connectivity index (χ2n) is 6.47. The SMILES string of the molecule is OC1CN(Cc2cn(-c3ccccc3)nn2)CC1N1CCOCC1. The van der Waals surface area contributed by atoms with Crippen molar-refractivity contribution in [2.75, 3.05) is 39.4 Å². The summed E-state index contributed by atoms with van der Waals surface area (Å²) in [6, 6.07) is 10.2. The first-order chi connectivity index (χ1) is 11.8. The zero-order valence-electron chi connectivity index (χ0n) is 13.7. The molecule has 2 saturated heterocycles. The van der Waals surface area contributed by atoms with E-state index in [0.29, 0.717) is 13.1 Å². The molecule has 128 valence electrons. The lowest BCUT2D eigenvalue weighted by atomic mass is 10.2. The van der Waals surface area contributed by atoms with Crippen molar-refractivity contribution in [2.45, 2.75) is 18.7 Å². The average Bonchev–Trinajstić information content (AvgIpc) is 3.23. The molecule has 3 heterocycles. The standard InChI is InChI=1S/C17H23N5O2/c23-17-13-20(12-16(17)21-6-8-24-9-7-21)10-14-11-22(19-18-14)15-4-2-1-3-5-15/h1-5,11,16-17,23H,6-10,12-13H2. The number of aromatic nitrogens is 3.